The van der Waals surface area contributed by atoms with Crippen molar-refractivity contribution >= 4 is 22.4 Å². The Balaban J connectivity index is 1.66. The standard InChI is InChI=1S/C20H20N2O2S/c1-3-12-24-17-10-8-16(9-11-17)19(23)22-20-21-18(13-25-20)15-6-4-14(2)5-7-15/h4-11,13H,3,12H2,1-2H3,(H,21,22,23). The molecule has 3 aromatic rings. The molecule has 1 N–H and O–H groups in total. The lowest BCUT2D eigenvalue weighted by molar-refractivity contribution is 0.102. The van der Waals surface area contributed by atoms with Crippen LogP contribution in [0.1, 0.15) is 29.3 Å². The van der Waals surface area contributed by atoms with Gasteiger partial charge in [-0.2, -0.15) is 0 Å². The summed E-state index contributed by atoms with van der Waals surface area (Å²) in [7, 11) is 0. The van der Waals surface area contributed by atoms with Gasteiger partial charge in [0.2, 0.25) is 0 Å². The molecule has 25 heavy (non-hydrogen) atoms. The fraction of sp³-hybridized carbons (Fsp3) is 0.200. The third-order valence-corrected chi connectivity index (χ3v) is 4.42. The molecule has 3 rings (SSSR count). The van der Waals surface area contributed by atoms with Crippen LogP contribution in [0.5, 0.6) is 5.75 Å². The van der Waals surface area contributed by atoms with Gasteiger partial charge in [-0.15, -0.1) is 11.3 Å². The molecule has 5 heteroatoms. The highest BCUT2D eigenvalue weighted by atomic mass is 32.1. The molecule has 128 valence electrons. The number of anilines is 1. The Labute approximate surface area is 151 Å². The first-order valence-electron chi connectivity index (χ1n) is 8.22. The second-order valence-corrected chi connectivity index (χ2v) is 6.59. The van der Waals surface area contributed by atoms with Crippen molar-refractivity contribution < 1.29 is 9.53 Å². The van der Waals surface area contributed by atoms with Crippen LogP contribution in [-0.2, 0) is 0 Å². The topological polar surface area (TPSA) is 51.2 Å². The lowest BCUT2D eigenvalue weighted by atomic mass is 10.1. The lowest BCUT2D eigenvalue weighted by Crippen LogP contribution is -2.11. The zero-order valence-electron chi connectivity index (χ0n) is 14.3. The number of thiazole rings is 1. The molecule has 0 atom stereocenters. The molecule has 1 aromatic heterocycles. The summed E-state index contributed by atoms with van der Waals surface area (Å²) in [6.07, 6.45) is 0.954. The number of carbonyl (C=O) groups is 1. The largest absolute Gasteiger partial charge is 0.494 e. The first kappa shape index (κ1) is 17.2. The highest BCUT2D eigenvalue weighted by Gasteiger charge is 2.10. The Hall–Kier alpha value is -2.66. The van der Waals surface area contributed by atoms with E-state index < -0.39 is 0 Å². The molecule has 1 amide bonds. The van der Waals surface area contributed by atoms with Crippen LogP contribution in [0.25, 0.3) is 11.3 Å². The smallest absolute Gasteiger partial charge is 0.257 e. The molecule has 0 aliphatic heterocycles. The highest BCUT2D eigenvalue weighted by Crippen LogP contribution is 2.25. The summed E-state index contributed by atoms with van der Waals surface area (Å²) in [5.74, 6) is 0.598. The first-order chi connectivity index (χ1) is 12.2. The molecule has 0 unspecified atom stereocenters. The van der Waals surface area contributed by atoms with Gasteiger partial charge in [0, 0.05) is 16.5 Å². The number of hydrogen-bond donors (Lipinski definition) is 1. The Kier molecular flexibility index (Phi) is 5.46. The SMILES string of the molecule is CCCOc1ccc(C(=O)Nc2nc(-c3ccc(C)cc3)cs2)cc1. The minimum absolute atomic E-state index is 0.174. The van der Waals surface area contributed by atoms with E-state index in [1.54, 1.807) is 12.1 Å². The van der Waals surface area contributed by atoms with Crippen LogP contribution in [0, 0.1) is 6.92 Å². The van der Waals surface area contributed by atoms with Crippen LogP contribution < -0.4 is 10.1 Å². The van der Waals surface area contributed by atoms with Crippen molar-refractivity contribution in [3.63, 3.8) is 0 Å². The Morgan fingerprint density at radius 2 is 1.84 bits per heavy atom. The summed E-state index contributed by atoms with van der Waals surface area (Å²) < 4.78 is 5.53. The zero-order chi connectivity index (χ0) is 17.6. The van der Waals surface area contributed by atoms with Crippen LogP contribution in [0.4, 0.5) is 5.13 Å². The predicted octanol–water partition coefficient (Wildman–Crippen LogP) is 5.16. The second kappa shape index (κ2) is 7.94. The maximum atomic E-state index is 12.3. The monoisotopic (exact) mass is 352 g/mol. The van der Waals surface area contributed by atoms with E-state index in [1.165, 1.54) is 16.9 Å². The minimum atomic E-state index is -0.174. The van der Waals surface area contributed by atoms with Crippen molar-refractivity contribution in [2.75, 3.05) is 11.9 Å². The van der Waals surface area contributed by atoms with E-state index in [4.69, 9.17) is 4.74 Å². The third-order valence-electron chi connectivity index (χ3n) is 3.66. The Morgan fingerprint density at radius 3 is 2.52 bits per heavy atom. The zero-order valence-corrected chi connectivity index (χ0v) is 15.1. The Bertz CT molecular complexity index is 839. The van der Waals surface area contributed by atoms with Crippen molar-refractivity contribution in [1.82, 2.24) is 4.98 Å². The quantitative estimate of drug-likeness (QED) is 0.667. The van der Waals surface area contributed by atoms with Crippen LogP contribution in [0.3, 0.4) is 0 Å². The minimum Gasteiger partial charge on any atom is -0.494 e. The molecule has 0 saturated carbocycles. The van der Waals surface area contributed by atoms with Gasteiger partial charge in [0.1, 0.15) is 5.75 Å². The first-order valence-corrected chi connectivity index (χ1v) is 9.10. The predicted molar refractivity (Wildman–Crippen MR) is 102 cm³/mol. The average Bonchev–Trinajstić information content (AvgIpc) is 3.09. The number of aryl methyl sites for hydroxylation is 1. The summed E-state index contributed by atoms with van der Waals surface area (Å²) in [5.41, 5.74) is 3.69. The van der Waals surface area contributed by atoms with E-state index in [9.17, 15) is 4.79 Å². The van der Waals surface area contributed by atoms with Gasteiger partial charge in [0.05, 0.1) is 12.3 Å². The van der Waals surface area contributed by atoms with Gasteiger partial charge in [-0.05, 0) is 37.6 Å². The molecule has 0 spiro atoms. The van der Waals surface area contributed by atoms with Gasteiger partial charge in [-0.1, -0.05) is 36.8 Å². The molecule has 0 aliphatic rings. The number of nitrogens with one attached hydrogen (secondary N) is 1. The van der Waals surface area contributed by atoms with Crippen LogP contribution in [-0.4, -0.2) is 17.5 Å². The highest BCUT2D eigenvalue weighted by molar-refractivity contribution is 7.14. The van der Waals surface area contributed by atoms with E-state index in [2.05, 4.69) is 36.3 Å². The summed E-state index contributed by atoms with van der Waals surface area (Å²) in [6.45, 7) is 4.78. The van der Waals surface area contributed by atoms with E-state index in [0.717, 1.165) is 23.4 Å². The van der Waals surface area contributed by atoms with E-state index >= 15 is 0 Å². The fourth-order valence-corrected chi connectivity index (χ4v) is 2.99. The number of ether oxygens (including phenoxy) is 1. The molecule has 0 radical (unpaired) electrons. The number of nitrogens with zero attached hydrogens (tertiary/aromatic N) is 1. The molecule has 0 fully saturated rings. The summed E-state index contributed by atoms with van der Waals surface area (Å²) in [4.78, 5) is 16.8. The van der Waals surface area contributed by atoms with Crippen molar-refractivity contribution in [2.45, 2.75) is 20.3 Å². The number of benzene rings is 2. The Morgan fingerprint density at radius 1 is 1.12 bits per heavy atom. The number of amides is 1. The molecule has 2 aromatic carbocycles. The maximum absolute atomic E-state index is 12.3. The second-order valence-electron chi connectivity index (χ2n) is 5.73. The summed E-state index contributed by atoms with van der Waals surface area (Å²) >= 11 is 1.42. The van der Waals surface area contributed by atoms with Gasteiger partial charge in [0.25, 0.3) is 5.91 Å². The maximum Gasteiger partial charge on any atom is 0.257 e. The molecule has 1 heterocycles. The average molecular weight is 352 g/mol. The normalized spacial score (nSPS) is 10.5. The number of hydrogen-bond acceptors (Lipinski definition) is 4. The van der Waals surface area contributed by atoms with Crippen molar-refractivity contribution in [1.29, 1.82) is 0 Å². The molecule has 0 aliphatic carbocycles. The van der Waals surface area contributed by atoms with E-state index in [-0.39, 0.29) is 5.91 Å². The number of aromatic nitrogens is 1. The van der Waals surface area contributed by atoms with Gasteiger partial charge >= 0.3 is 0 Å². The van der Waals surface area contributed by atoms with Gasteiger partial charge < -0.3 is 4.74 Å². The third kappa shape index (κ3) is 4.45. The fourth-order valence-electron chi connectivity index (χ4n) is 2.28. The summed E-state index contributed by atoms with van der Waals surface area (Å²) in [5, 5.41) is 5.39. The molecule has 0 bridgehead atoms. The van der Waals surface area contributed by atoms with Gasteiger partial charge in [-0.3, -0.25) is 10.1 Å². The van der Waals surface area contributed by atoms with E-state index in [0.29, 0.717) is 17.3 Å². The molecular weight excluding hydrogens is 332 g/mol. The van der Waals surface area contributed by atoms with Crippen LogP contribution >= 0.6 is 11.3 Å². The van der Waals surface area contributed by atoms with Gasteiger partial charge in [0.15, 0.2) is 5.13 Å². The molecule has 0 saturated heterocycles. The lowest BCUT2D eigenvalue weighted by Gasteiger charge is -2.05. The number of rotatable bonds is 6. The van der Waals surface area contributed by atoms with Crippen molar-refractivity contribution in [2.24, 2.45) is 0 Å². The van der Waals surface area contributed by atoms with E-state index in [1.807, 2.05) is 29.6 Å². The van der Waals surface area contributed by atoms with Gasteiger partial charge in [-0.25, -0.2) is 4.98 Å². The van der Waals surface area contributed by atoms with Crippen molar-refractivity contribution in [3.05, 3.63) is 65.0 Å². The van der Waals surface area contributed by atoms with Crippen LogP contribution in [0.2, 0.25) is 0 Å². The molecule has 4 nitrogen and oxygen atoms in total. The number of carbonyl (C=O) groups excluding carboxylic acids is 1. The summed E-state index contributed by atoms with van der Waals surface area (Å²) in [6, 6.07) is 15.3. The van der Waals surface area contributed by atoms with Crippen molar-refractivity contribution in [3.8, 4) is 17.0 Å². The van der Waals surface area contributed by atoms with Crippen LogP contribution in [0.15, 0.2) is 53.9 Å². The molecular formula is C20H20N2O2S.